The number of thiophene rings is 1. The van der Waals surface area contributed by atoms with Crippen LogP contribution in [0.2, 0.25) is 0 Å². The lowest BCUT2D eigenvalue weighted by molar-refractivity contribution is -0.139. The summed E-state index contributed by atoms with van der Waals surface area (Å²) in [6.07, 6.45) is 7.14. The number of carbonyl (C=O) groups is 1. The molecule has 0 amide bonds. The van der Waals surface area contributed by atoms with E-state index in [4.69, 9.17) is 4.74 Å². The summed E-state index contributed by atoms with van der Waals surface area (Å²) in [6, 6.07) is 9.77. The molecule has 3 heterocycles. The maximum Gasteiger partial charge on any atom is 0.303 e. The Morgan fingerprint density at radius 3 is 2.91 bits per heavy atom. The minimum atomic E-state index is -0.730. The molecule has 35 heavy (non-hydrogen) atoms. The van der Waals surface area contributed by atoms with Crippen LogP contribution in [-0.2, 0) is 11.2 Å². The molecule has 3 atom stereocenters. The highest BCUT2D eigenvalue weighted by atomic mass is 32.1. The van der Waals surface area contributed by atoms with Gasteiger partial charge in [0.25, 0.3) is 0 Å². The summed E-state index contributed by atoms with van der Waals surface area (Å²) in [4.78, 5) is 18.4. The molecule has 0 aliphatic carbocycles. The lowest BCUT2D eigenvalue weighted by atomic mass is 9.79. The van der Waals surface area contributed by atoms with Crippen LogP contribution in [0.15, 0.2) is 47.3 Å². The molecule has 3 aromatic rings. The van der Waals surface area contributed by atoms with E-state index in [1.165, 1.54) is 5.56 Å². The van der Waals surface area contributed by atoms with Crippen LogP contribution in [0.25, 0.3) is 10.9 Å². The number of hydrogen-bond donors (Lipinski definition) is 2. The minimum absolute atomic E-state index is 0.125. The zero-order valence-electron chi connectivity index (χ0n) is 20.4. The van der Waals surface area contributed by atoms with Gasteiger partial charge in [0.2, 0.25) is 0 Å². The molecule has 0 spiro atoms. The highest BCUT2D eigenvalue weighted by Crippen LogP contribution is 2.35. The average Bonchev–Trinajstić information content (AvgIpc) is 3.38. The molecule has 0 radical (unpaired) electrons. The van der Waals surface area contributed by atoms with E-state index in [1.54, 1.807) is 24.6 Å². The highest BCUT2D eigenvalue weighted by molar-refractivity contribution is 7.07. The molecule has 4 rings (SSSR count). The quantitative estimate of drug-likeness (QED) is 0.320. The first-order valence-electron chi connectivity index (χ1n) is 12.6. The molecule has 1 aromatic carbocycles. The van der Waals surface area contributed by atoms with Gasteiger partial charge >= 0.3 is 5.97 Å². The first-order chi connectivity index (χ1) is 17.0. The molecule has 2 aromatic heterocycles. The van der Waals surface area contributed by atoms with E-state index in [0.717, 1.165) is 74.0 Å². The molecule has 6 nitrogen and oxygen atoms in total. The smallest absolute Gasteiger partial charge is 0.303 e. The third-order valence-corrected chi connectivity index (χ3v) is 8.07. The Bertz CT molecular complexity index is 1090. The Labute approximate surface area is 211 Å². The van der Waals surface area contributed by atoms with E-state index in [9.17, 15) is 15.0 Å². The Balaban J connectivity index is 1.32. The van der Waals surface area contributed by atoms with Crippen LogP contribution in [0.1, 0.15) is 55.8 Å². The molecule has 1 aliphatic rings. The molecule has 1 aliphatic heterocycles. The number of aliphatic carboxylic acids is 1. The SMILES string of the molecule is COc1ccc2nccc(C(O)CC[C@@H]3CCN(CCCCc4ccsc4)C[C@@H]3CC(=O)O)c2c1. The third-order valence-electron chi connectivity index (χ3n) is 7.33. The number of aryl methyl sites for hydroxylation is 1. The van der Waals surface area contributed by atoms with Gasteiger partial charge in [-0.25, -0.2) is 0 Å². The molecule has 1 unspecified atom stereocenters. The lowest BCUT2D eigenvalue weighted by Gasteiger charge is -2.38. The number of fused-ring (bicyclic) bond motifs is 1. The predicted molar refractivity (Wildman–Crippen MR) is 140 cm³/mol. The van der Waals surface area contributed by atoms with E-state index in [-0.39, 0.29) is 12.3 Å². The fourth-order valence-corrected chi connectivity index (χ4v) is 6.09. The summed E-state index contributed by atoms with van der Waals surface area (Å²) in [5.41, 5.74) is 3.10. The van der Waals surface area contributed by atoms with Gasteiger partial charge in [-0.05, 0) is 116 Å². The van der Waals surface area contributed by atoms with Gasteiger partial charge in [0.05, 0.1) is 18.7 Å². The van der Waals surface area contributed by atoms with E-state index in [0.29, 0.717) is 12.3 Å². The lowest BCUT2D eigenvalue weighted by Crippen LogP contribution is -2.41. The second kappa shape index (κ2) is 12.5. The number of pyridine rings is 1. The number of piperidine rings is 1. The number of carboxylic acid groups (broad SMARTS) is 1. The van der Waals surface area contributed by atoms with Crippen LogP contribution in [-0.4, -0.2) is 52.8 Å². The average molecular weight is 497 g/mol. The van der Waals surface area contributed by atoms with Crippen molar-refractivity contribution in [2.75, 3.05) is 26.7 Å². The first-order valence-corrected chi connectivity index (χ1v) is 13.5. The number of nitrogens with zero attached hydrogens (tertiary/aromatic N) is 2. The summed E-state index contributed by atoms with van der Waals surface area (Å²) in [6.45, 7) is 2.87. The molecular formula is C28H36N2O4S. The minimum Gasteiger partial charge on any atom is -0.497 e. The van der Waals surface area contributed by atoms with Crippen molar-refractivity contribution in [2.45, 2.75) is 51.0 Å². The Hall–Kier alpha value is -2.48. The number of ether oxygens (including phenoxy) is 1. The maximum atomic E-state index is 11.6. The summed E-state index contributed by atoms with van der Waals surface area (Å²) >= 11 is 1.75. The van der Waals surface area contributed by atoms with Crippen LogP contribution < -0.4 is 4.74 Å². The van der Waals surface area contributed by atoms with Crippen LogP contribution >= 0.6 is 11.3 Å². The van der Waals surface area contributed by atoms with Gasteiger partial charge < -0.3 is 19.8 Å². The van der Waals surface area contributed by atoms with Gasteiger partial charge in [-0.2, -0.15) is 11.3 Å². The molecule has 188 valence electrons. The van der Waals surface area contributed by atoms with Crippen molar-refractivity contribution in [3.8, 4) is 5.75 Å². The number of benzene rings is 1. The van der Waals surface area contributed by atoms with Gasteiger partial charge in [-0.15, -0.1) is 0 Å². The largest absolute Gasteiger partial charge is 0.497 e. The third kappa shape index (κ3) is 7.03. The van der Waals surface area contributed by atoms with Gasteiger partial charge in [0.1, 0.15) is 5.75 Å². The Morgan fingerprint density at radius 2 is 2.14 bits per heavy atom. The van der Waals surface area contributed by atoms with Crippen LogP contribution in [0.3, 0.4) is 0 Å². The number of aromatic nitrogens is 1. The van der Waals surface area contributed by atoms with Gasteiger partial charge in [0, 0.05) is 24.5 Å². The van der Waals surface area contributed by atoms with Crippen molar-refractivity contribution >= 4 is 28.2 Å². The number of methoxy groups -OCH3 is 1. The standard InChI is InChI=1S/C28H36N2O4S/c1-34-23-6-7-26-25(17-23)24(9-12-29-26)27(31)8-5-21-10-14-30(18-22(21)16-28(32)33)13-3-2-4-20-11-15-35-19-20/h6-7,9,11-12,15,17,19,21-22,27,31H,2-5,8,10,13-14,16,18H2,1H3,(H,32,33)/t21-,22+,27?/m1/s1. The van der Waals surface area contributed by atoms with Crippen molar-refractivity contribution in [3.05, 3.63) is 58.4 Å². The molecule has 7 heteroatoms. The molecule has 2 N–H and O–H groups in total. The number of carboxylic acids is 1. The maximum absolute atomic E-state index is 11.6. The van der Waals surface area contributed by atoms with E-state index in [2.05, 4.69) is 26.7 Å². The molecular weight excluding hydrogens is 460 g/mol. The van der Waals surface area contributed by atoms with Crippen molar-refractivity contribution < 1.29 is 19.7 Å². The number of aliphatic hydroxyl groups is 1. The van der Waals surface area contributed by atoms with E-state index >= 15 is 0 Å². The normalized spacial score (nSPS) is 19.6. The number of rotatable bonds is 12. The number of aliphatic hydroxyl groups excluding tert-OH is 1. The Morgan fingerprint density at radius 1 is 1.26 bits per heavy atom. The molecule has 1 saturated heterocycles. The second-order valence-corrected chi connectivity index (χ2v) is 10.5. The summed E-state index contributed by atoms with van der Waals surface area (Å²) in [5, 5.41) is 25.8. The predicted octanol–water partition coefficient (Wildman–Crippen LogP) is 5.55. The number of likely N-dealkylation sites (tertiary alicyclic amines) is 1. The van der Waals surface area contributed by atoms with Crippen LogP contribution in [0.4, 0.5) is 0 Å². The topological polar surface area (TPSA) is 82.9 Å². The molecule has 0 saturated carbocycles. The van der Waals surface area contributed by atoms with Crippen molar-refractivity contribution in [1.29, 1.82) is 0 Å². The fourth-order valence-electron chi connectivity index (χ4n) is 5.39. The fraction of sp³-hybridized carbons (Fsp3) is 0.500. The van der Waals surface area contributed by atoms with Crippen molar-refractivity contribution in [3.63, 3.8) is 0 Å². The molecule has 0 bridgehead atoms. The number of hydrogen-bond acceptors (Lipinski definition) is 6. The van der Waals surface area contributed by atoms with E-state index in [1.807, 2.05) is 24.3 Å². The summed E-state index contributed by atoms with van der Waals surface area (Å²) in [7, 11) is 1.63. The van der Waals surface area contributed by atoms with Crippen LogP contribution in [0, 0.1) is 11.8 Å². The zero-order chi connectivity index (χ0) is 24.6. The Kier molecular flexibility index (Phi) is 9.12. The van der Waals surface area contributed by atoms with Crippen molar-refractivity contribution in [2.24, 2.45) is 11.8 Å². The zero-order valence-corrected chi connectivity index (χ0v) is 21.3. The second-order valence-electron chi connectivity index (χ2n) is 9.67. The first kappa shape index (κ1) is 25.6. The van der Waals surface area contributed by atoms with Gasteiger partial charge in [-0.3, -0.25) is 9.78 Å². The van der Waals surface area contributed by atoms with E-state index < -0.39 is 12.1 Å². The highest BCUT2D eigenvalue weighted by Gasteiger charge is 2.31. The van der Waals surface area contributed by atoms with Gasteiger partial charge in [0.15, 0.2) is 0 Å². The monoisotopic (exact) mass is 496 g/mol. The summed E-state index contributed by atoms with van der Waals surface area (Å²) < 4.78 is 5.36. The molecule has 1 fully saturated rings. The van der Waals surface area contributed by atoms with Crippen LogP contribution in [0.5, 0.6) is 5.75 Å². The van der Waals surface area contributed by atoms with Crippen molar-refractivity contribution in [1.82, 2.24) is 9.88 Å². The van der Waals surface area contributed by atoms with Gasteiger partial charge in [-0.1, -0.05) is 0 Å². The number of unbranched alkanes of at least 4 members (excludes halogenated alkanes) is 1. The summed E-state index contributed by atoms with van der Waals surface area (Å²) in [5.74, 6) is 0.445.